The van der Waals surface area contributed by atoms with Gasteiger partial charge in [0.1, 0.15) is 0 Å². The van der Waals surface area contributed by atoms with Crippen molar-refractivity contribution in [3.8, 4) is 11.5 Å². The Balaban J connectivity index is 2.82. The van der Waals surface area contributed by atoms with Crippen LogP contribution in [0, 0.1) is 5.92 Å². The van der Waals surface area contributed by atoms with Crippen LogP contribution in [-0.4, -0.2) is 26.7 Å². The lowest BCUT2D eigenvalue weighted by Gasteiger charge is -2.12. The van der Waals surface area contributed by atoms with Crippen LogP contribution >= 0.6 is 0 Å². The lowest BCUT2D eigenvalue weighted by atomic mass is 10.1. The first kappa shape index (κ1) is 13.3. The number of hydrogen-bond acceptors (Lipinski definition) is 4. The van der Waals surface area contributed by atoms with Gasteiger partial charge in [0.25, 0.3) is 0 Å². The quantitative estimate of drug-likeness (QED) is 0.809. The summed E-state index contributed by atoms with van der Waals surface area (Å²) in [5.41, 5.74) is 6.08. The van der Waals surface area contributed by atoms with E-state index in [1.807, 2.05) is 0 Å². The Bertz CT molecular complexity index is 393. The van der Waals surface area contributed by atoms with Gasteiger partial charge in [-0.1, -0.05) is 6.92 Å². The number of rotatable bonds is 5. The minimum atomic E-state index is -0.219. The molecule has 17 heavy (non-hydrogen) atoms. The van der Waals surface area contributed by atoms with Crippen molar-refractivity contribution in [3.05, 3.63) is 18.2 Å². The summed E-state index contributed by atoms with van der Waals surface area (Å²) in [6.45, 7) is 2.09. The Kier molecular flexibility index (Phi) is 4.78. The molecule has 0 aliphatic carbocycles. The summed E-state index contributed by atoms with van der Waals surface area (Å²) in [5, 5.41) is 2.76. The highest BCUT2D eigenvalue weighted by Gasteiger charge is 2.12. The van der Waals surface area contributed by atoms with Crippen LogP contribution in [-0.2, 0) is 4.79 Å². The zero-order valence-corrected chi connectivity index (χ0v) is 10.3. The molecule has 0 spiro atoms. The molecule has 3 N–H and O–H groups in total. The number of anilines is 1. The Labute approximate surface area is 101 Å². The molecule has 1 amide bonds. The van der Waals surface area contributed by atoms with E-state index in [2.05, 4.69) is 5.32 Å². The largest absolute Gasteiger partial charge is 0.493 e. The molecule has 94 valence electrons. The molecule has 0 heterocycles. The van der Waals surface area contributed by atoms with E-state index < -0.39 is 0 Å². The second kappa shape index (κ2) is 6.10. The van der Waals surface area contributed by atoms with E-state index in [4.69, 9.17) is 15.2 Å². The van der Waals surface area contributed by atoms with Crippen molar-refractivity contribution >= 4 is 11.6 Å². The Hall–Kier alpha value is -1.75. The van der Waals surface area contributed by atoms with Crippen molar-refractivity contribution in [2.75, 3.05) is 26.1 Å². The number of methoxy groups -OCH3 is 2. The summed E-state index contributed by atoms with van der Waals surface area (Å²) in [7, 11) is 3.11. The van der Waals surface area contributed by atoms with Gasteiger partial charge in [-0.2, -0.15) is 0 Å². The van der Waals surface area contributed by atoms with Crippen LogP contribution in [0.1, 0.15) is 6.92 Å². The fourth-order valence-electron chi connectivity index (χ4n) is 1.29. The molecule has 0 radical (unpaired) electrons. The van der Waals surface area contributed by atoms with Gasteiger partial charge in [0.15, 0.2) is 11.5 Å². The third-order valence-electron chi connectivity index (χ3n) is 2.45. The van der Waals surface area contributed by atoms with Crippen molar-refractivity contribution in [1.82, 2.24) is 0 Å². The van der Waals surface area contributed by atoms with Crippen molar-refractivity contribution in [2.24, 2.45) is 11.7 Å². The number of nitrogens with one attached hydrogen (secondary N) is 1. The molecule has 1 aromatic carbocycles. The minimum absolute atomic E-state index is 0.111. The summed E-state index contributed by atoms with van der Waals surface area (Å²) in [6.07, 6.45) is 0. The fraction of sp³-hybridized carbons (Fsp3) is 0.417. The van der Waals surface area contributed by atoms with Crippen LogP contribution in [0.5, 0.6) is 11.5 Å². The molecule has 1 atom stereocenters. The third kappa shape index (κ3) is 3.35. The van der Waals surface area contributed by atoms with E-state index in [1.165, 1.54) is 0 Å². The number of carbonyl (C=O) groups excluding carboxylic acids is 1. The van der Waals surface area contributed by atoms with Gasteiger partial charge in [-0.3, -0.25) is 4.79 Å². The molecule has 1 rings (SSSR count). The highest BCUT2D eigenvalue weighted by atomic mass is 16.5. The van der Waals surface area contributed by atoms with E-state index in [0.717, 1.165) is 0 Å². The second-order valence-electron chi connectivity index (χ2n) is 3.70. The predicted octanol–water partition coefficient (Wildman–Crippen LogP) is 1.24. The van der Waals surface area contributed by atoms with Crippen molar-refractivity contribution < 1.29 is 14.3 Å². The van der Waals surface area contributed by atoms with E-state index in [9.17, 15) is 4.79 Å². The van der Waals surface area contributed by atoms with Gasteiger partial charge in [-0.15, -0.1) is 0 Å². The number of carbonyl (C=O) groups is 1. The monoisotopic (exact) mass is 238 g/mol. The van der Waals surface area contributed by atoms with Crippen molar-refractivity contribution in [1.29, 1.82) is 0 Å². The molecule has 0 aromatic heterocycles. The lowest BCUT2D eigenvalue weighted by molar-refractivity contribution is -0.119. The van der Waals surface area contributed by atoms with Crippen LogP contribution in [0.2, 0.25) is 0 Å². The molecule has 1 aromatic rings. The first-order valence-electron chi connectivity index (χ1n) is 5.35. The number of amides is 1. The molecule has 5 nitrogen and oxygen atoms in total. The minimum Gasteiger partial charge on any atom is -0.493 e. The third-order valence-corrected chi connectivity index (χ3v) is 2.45. The second-order valence-corrected chi connectivity index (χ2v) is 3.70. The predicted molar refractivity (Wildman–Crippen MR) is 66.4 cm³/mol. The topological polar surface area (TPSA) is 73.6 Å². The molecular formula is C12H18N2O3. The van der Waals surface area contributed by atoms with Gasteiger partial charge in [0, 0.05) is 24.2 Å². The molecule has 0 aliphatic heterocycles. The maximum Gasteiger partial charge on any atom is 0.228 e. The summed E-state index contributed by atoms with van der Waals surface area (Å²) < 4.78 is 10.3. The molecule has 0 saturated carbocycles. The van der Waals surface area contributed by atoms with E-state index in [1.54, 1.807) is 39.3 Å². The summed E-state index contributed by atoms with van der Waals surface area (Å²) in [5.74, 6) is 0.867. The first-order chi connectivity index (χ1) is 8.12. The Morgan fingerprint density at radius 2 is 2.00 bits per heavy atom. The number of benzene rings is 1. The van der Waals surface area contributed by atoms with E-state index in [0.29, 0.717) is 23.7 Å². The zero-order chi connectivity index (χ0) is 12.8. The van der Waals surface area contributed by atoms with E-state index in [-0.39, 0.29) is 11.8 Å². The number of ether oxygens (including phenoxy) is 2. The first-order valence-corrected chi connectivity index (χ1v) is 5.35. The van der Waals surface area contributed by atoms with Gasteiger partial charge >= 0.3 is 0 Å². The molecule has 0 bridgehead atoms. The smallest absolute Gasteiger partial charge is 0.228 e. The van der Waals surface area contributed by atoms with Crippen LogP contribution < -0.4 is 20.5 Å². The molecular weight excluding hydrogens is 220 g/mol. The van der Waals surface area contributed by atoms with Gasteiger partial charge in [0.05, 0.1) is 14.2 Å². The summed E-state index contributed by atoms with van der Waals surface area (Å²) in [4.78, 5) is 11.6. The van der Waals surface area contributed by atoms with Gasteiger partial charge in [-0.05, 0) is 12.1 Å². The molecule has 5 heteroatoms. The standard InChI is InChI=1S/C12H18N2O3/c1-8(7-13)12(15)14-9-4-5-10(16-2)11(6-9)17-3/h4-6,8H,7,13H2,1-3H3,(H,14,15). The van der Waals surface area contributed by atoms with Crippen LogP contribution in [0.4, 0.5) is 5.69 Å². The summed E-state index contributed by atoms with van der Waals surface area (Å²) >= 11 is 0. The van der Waals surface area contributed by atoms with Crippen LogP contribution in [0.25, 0.3) is 0 Å². The zero-order valence-electron chi connectivity index (χ0n) is 10.3. The van der Waals surface area contributed by atoms with Crippen LogP contribution in [0.15, 0.2) is 18.2 Å². The SMILES string of the molecule is COc1ccc(NC(=O)C(C)CN)cc1OC. The average molecular weight is 238 g/mol. The van der Waals surface area contributed by atoms with Crippen molar-refractivity contribution in [3.63, 3.8) is 0 Å². The van der Waals surface area contributed by atoms with Crippen molar-refractivity contribution in [2.45, 2.75) is 6.92 Å². The maximum atomic E-state index is 11.6. The molecule has 0 aliphatic rings. The highest BCUT2D eigenvalue weighted by Crippen LogP contribution is 2.29. The molecule has 1 unspecified atom stereocenters. The number of hydrogen-bond donors (Lipinski definition) is 2. The maximum absolute atomic E-state index is 11.6. The van der Waals surface area contributed by atoms with Gasteiger partial charge in [0.2, 0.25) is 5.91 Å². The van der Waals surface area contributed by atoms with Gasteiger partial charge in [-0.25, -0.2) is 0 Å². The highest BCUT2D eigenvalue weighted by molar-refractivity contribution is 5.92. The average Bonchev–Trinajstić information content (AvgIpc) is 2.37. The number of nitrogens with two attached hydrogens (primary N) is 1. The Morgan fingerprint density at radius 3 is 2.53 bits per heavy atom. The molecule has 0 fully saturated rings. The normalized spacial score (nSPS) is 11.8. The molecule has 0 saturated heterocycles. The summed E-state index contributed by atoms with van der Waals surface area (Å²) in [6, 6.07) is 5.20. The Morgan fingerprint density at radius 1 is 1.35 bits per heavy atom. The van der Waals surface area contributed by atoms with Crippen LogP contribution in [0.3, 0.4) is 0 Å². The fourth-order valence-corrected chi connectivity index (χ4v) is 1.29. The van der Waals surface area contributed by atoms with E-state index >= 15 is 0 Å². The van der Waals surface area contributed by atoms with Gasteiger partial charge < -0.3 is 20.5 Å². The lowest BCUT2D eigenvalue weighted by Crippen LogP contribution is -2.26.